The van der Waals surface area contributed by atoms with Crippen molar-refractivity contribution in [1.82, 2.24) is 0 Å². The van der Waals surface area contributed by atoms with Crippen molar-refractivity contribution in [3.8, 4) is 0 Å². The van der Waals surface area contributed by atoms with E-state index in [-0.39, 0.29) is 12.7 Å². The van der Waals surface area contributed by atoms with Gasteiger partial charge in [-0.15, -0.1) is 0 Å². The number of anilines is 1. The van der Waals surface area contributed by atoms with E-state index in [9.17, 15) is 5.11 Å². The van der Waals surface area contributed by atoms with Gasteiger partial charge in [-0.3, -0.25) is 0 Å². The number of hydrogen-bond donors (Lipinski definition) is 2. The molecular weight excluding hydrogens is 270 g/mol. The lowest BCUT2D eigenvalue weighted by molar-refractivity contribution is 0.0380. The Morgan fingerprint density at radius 1 is 1.44 bits per heavy atom. The molecule has 0 heterocycles. The SMILES string of the molecule is COC(C)C(C)(CO)Nc1ccc(Br)cc1. The van der Waals surface area contributed by atoms with Gasteiger partial charge < -0.3 is 15.2 Å². The van der Waals surface area contributed by atoms with Gasteiger partial charge in [0.15, 0.2) is 0 Å². The van der Waals surface area contributed by atoms with Gasteiger partial charge in [-0.25, -0.2) is 0 Å². The summed E-state index contributed by atoms with van der Waals surface area (Å²) in [5, 5.41) is 12.7. The number of aliphatic hydroxyl groups excluding tert-OH is 1. The molecule has 1 rings (SSSR count). The molecule has 16 heavy (non-hydrogen) atoms. The summed E-state index contributed by atoms with van der Waals surface area (Å²) in [6.07, 6.45) is -0.0823. The van der Waals surface area contributed by atoms with Crippen LogP contribution in [-0.4, -0.2) is 30.5 Å². The maximum absolute atomic E-state index is 9.45. The molecule has 0 saturated heterocycles. The van der Waals surface area contributed by atoms with Crippen LogP contribution in [-0.2, 0) is 4.74 Å². The van der Waals surface area contributed by atoms with Gasteiger partial charge >= 0.3 is 0 Å². The zero-order valence-electron chi connectivity index (χ0n) is 9.83. The van der Waals surface area contributed by atoms with Gasteiger partial charge in [0.25, 0.3) is 0 Å². The Hall–Kier alpha value is -0.580. The van der Waals surface area contributed by atoms with E-state index >= 15 is 0 Å². The molecule has 1 aromatic rings. The number of hydrogen-bond acceptors (Lipinski definition) is 3. The molecule has 0 amide bonds. The molecule has 0 bridgehead atoms. The van der Waals surface area contributed by atoms with Crippen LogP contribution >= 0.6 is 15.9 Å². The second-order valence-corrected chi connectivity index (χ2v) is 5.00. The Morgan fingerprint density at radius 3 is 2.44 bits per heavy atom. The van der Waals surface area contributed by atoms with Crippen molar-refractivity contribution < 1.29 is 9.84 Å². The van der Waals surface area contributed by atoms with Gasteiger partial charge in [-0.05, 0) is 38.1 Å². The normalized spacial score (nSPS) is 16.6. The zero-order chi connectivity index (χ0) is 12.2. The number of aliphatic hydroxyl groups is 1. The number of halogens is 1. The Morgan fingerprint density at radius 2 is 2.00 bits per heavy atom. The average Bonchev–Trinajstić information content (AvgIpc) is 2.31. The Labute approximate surface area is 105 Å². The highest BCUT2D eigenvalue weighted by molar-refractivity contribution is 9.10. The molecule has 2 atom stereocenters. The van der Waals surface area contributed by atoms with Crippen molar-refractivity contribution in [3.05, 3.63) is 28.7 Å². The van der Waals surface area contributed by atoms with E-state index in [2.05, 4.69) is 21.2 Å². The number of methoxy groups -OCH3 is 1. The molecule has 0 aliphatic heterocycles. The van der Waals surface area contributed by atoms with E-state index in [1.165, 1.54) is 0 Å². The molecule has 0 saturated carbocycles. The number of benzene rings is 1. The molecule has 0 radical (unpaired) electrons. The zero-order valence-corrected chi connectivity index (χ0v) is 11.4. The third-order valence-corrected chi connectivity index (χ3v) is 3.38. The number of nitrogens with one attached hydrogen (secondary N) is 1. The van der Waals surface area contributed by atoms with E-state index in [4.69, 9.17) is 4.74 Å². The molecule has 0 spiro atoms. The van der Waals surface area contributed by atoms with Crippen LogP contribution in [0.2, 0.25) is 0 Å². The molecule has 0 aromatic heterocycles. The maximum atomic E-state index is 9.45. The third kappa shape index (κ3) is 3.20. The van der Waals surface area contributed by atoms with Gasteiger partial charge in [-0.2, -0.15) is 0 Å². The van der Waals surface area contributed by atoms with Gasteiger partial charge in [0.2, 0.25) is 0 Å². The topological polar surface area (TPSA) is 41.5 Å². The van der Waals surface area contributed by atoms with Crippen molar-refractivity contribution in [2.75, 3.05) is 19.0 Å². The summed E-state index contributed by atoms with van der Waals surface area (Å²) in [6.45, 7) is 3.88. The summed E-state index contributed by atoms with van der Waals surface area (Å²) >= 11 is 3.38. The molecule has 0 fully saturated rings. The summed E-state index contributed by atoms with van der Waals surface area (Å²) in [5.74, 6) is 0. The largest absolute Gasteiger partial charge is 0.394 e. The van der Waals surface area contributed by atoms with Crippen LogP contribution in [0.1, 0.15) is 13.8 Å². The summed E-state index contributed by atoms with van der Waals surface area (Å²) in [7, 11) is 1.64. The molecule has 90 valence electrons. The lowest BCUT2D eigenvalue weighted by atomic mass is 9.96. The second-order valence-electron chi connectivity index (χ2n) is 4.09. The fourth-order valence-corrected chi connectivity index (χ4v) is 1.66. The van der Waals surface area contributed by atoms with Crippen LogP contribution in [0, 0.1) is 0 Å². The van der Waals surface area contributed by atoms with Gasteiger partial charge in [-0.1, -0.05) is 15.9 Å². The minimum absolute atomic E-state index is 0.0120. The van der Waals surface area contributed by atoms with Crippen molar-refractivity contribution in [2.45, 2.75) is 25.5 Å². The van der Waals surface area contributed by atoms with Crippen LogP contribution in [0.3, 0.4) is 0 Å². The number of rotatable bonds is 5. The molecule has 4 heteroatoms. The highest BCUT2D eigenvalue weighted by atomic mass is 79.9. The van der Waals surface area contributed by atoms with Crippen molar-refractivity contribution >= 4 is 21.6 Å². The predicted octanol–water partition coefficient (Wildman–Crippen LogP) is 2.65. The van der Waals surface area contributed by atoms with E-state index < -0.39 is 5.54 Å². The third-order valence-electron chi connectivity index (χ3n) is 2.85. The average molecular weight is 288 g/mol. The first-order valence-corrected chi connectivity index (χ1v) is 5.98. The van der Waals surface area contributed by atoms with Gasteiger partial charge in [0.1, 0.15) is 0 Å². The summed E-state index contributed by atoms with van der Waals surface area (Å²) in [5.41, 5.74) is 0.478. The van der Waals surface area contributed by atoms with Crippen LogP contribution < -0.4 is 5.32 Å². The maximum Gasteiger partial charge on any atom is 0.0834 e. The van der Waals surface area contributed by atoms with E-state index in [1.54, 1.807) is 7.11 Å². The van der Waals surface area contributed by atoms with Crippen LogP contribution in [0.15, 0.2) is 28.7 Å². The molecule has 1 aromatic carbocycles. The summed E-state index contributed by atoms with van der Waals surface area (Å²) in [6, 6.07) is 7.83. The standard InChI is InChI=1S/C12H18BrNO2/c1-9(16-3)12(2,8-15)14-11-6-4-10(13)5-7-11/h4-7,9,14-15H,8H2,1-3H3. The minimum atomic E-state index is -0.484. The fourth-order valence-electron chi connectivity index (χ4n) is 1.39. The smallest absolute Gasteiger partial charge is 0.0834 e. The van der Waals surface area contributed by atoms with Crippen molar-refractivity contribution in [2.24, 2.45) is 0 Å². The molecule has 2 unspecified atom stereocenters. The van der Waals surface area contributed by atoms with Crippen molar-refractivity contribution in [1.29, 1.82) is 0 Å². The van der Waals surface area contributed by atoms with Gasteiger partial charge in [0, 0.05) is 17.3 Å². The minimum Gasteiger partial charge on any atom is -0.394 e. The molecular formula is C12H18BrNO2. The van der Waals surface area contributed by atoms with E-state index in [0.29, 0.717) is 0 Å². The number of ether oxygens (including phenoxy) is 1. The van der Waals surface area contributed by atoms with E-state index in [0.717, 1.165) is 10.2 Å². The van der Waals surface area contributed by atoms with Crippen molar-refractivity contribution in [3.63, 3.8) is 0 Å². The molecule has 0 aliphatic rings. The molecule has 3 nitrogen and oxygen atoms in total. The lowest BCUT2D eigenvalue weighted by Crippen LogP contribution is -2.49. The Balaban J connectivity index is 2.80. The highest BCUT2D eigenvalue weighted by Crippen LogP contribution is 2.21. The first-order valence-electron chi connectivity index (χ1n) is 5.19. The first kappa shape index (κ1) is 13.5. The predicted molar refractivity (Wildman–Crippen MR) is 69.7 cm³/mol. The highest BCUT2D eigenvalue weighted by Gasteiger charge is 2.30. The summed E-state index contributed by atoms with van der Waals surface area (Å²) in [4.78, 5) is 0. The molecule has 0 aliphatic carbocycles. The van der Waals surface area contributed by atoms with E-state index in [1.807, 2.05) is 38.1 Å². The van der Waals surface area contributed by atoms with Crippen LogP contribution in [0.25, 0.3) is 0 Å². The fraction of sp³-hybridized carbons (Fsp3) is 0.500. The lowest BCUT2D eigenvalue weighted by Gasteiger charge is -2.34. The van der Waals surface area contributed by atoms with Crippen LogP contribution in [0.4, 0.5) is 5.69 Å². The van der Waals surface area contributed by atoms with Gasteiger partial charge in [0.05, 0.1) is 18.2 Å². The van der Waals surface area contributed by atoms with Crippen LogP contribution in [0.5, 0.6) is 0 Å². The molecule has 2 N–H and O–H groups in total. The monoisotopic (exact) mass is 287 g/mol. The first-order chi connectivity index (χ1) is 7.51. The Kier molecular flexibility index (Phi) is 4.77. The Bertz CT molecular complexity index is 328. The summed E-state index contributed by atoms with van der Waals surface area (Å²) < 4.78 is 6.30. The quantitative estimate of drug-likeness (QED) is 0.875. The second kappa shape index (κ2) is 5.66.